The fourth-order valence-electron chi connectivity index (χ4n) is 4.89. The van der Waals surface area contributed by atoms with Crippen LogP contribution in [0.5, 0.6) is 5.75 Å². The summed E-state index contributed by atoms with van der Waals surface area (Å²) in [7, 11) is 0. The minimum Gasteiger partial charge on any atom is -0.493 e. The quantitative estimate of drug-likeness (QED) is 0.352. The molecule has 0 saturated heterocycles. The molecule has 2 amide bonds. The van der Waals surface area contributed by atoms with Gasteiger partial charge in [-0.25, -0.2) is 9.97 Å². The molecule has 5 rings (SSSR count). The summed E-state index contributed by atoms with van der Waals surface area (Å²) >= 11 is 0. The van der Waals surface area contributed by atoms with Crippen LogP contribution in [-0.2, 0) is 11.0 Å². The van der Waals surface area contributed by atoms with Crippen molar-refractivity contribution < 1.29 is 32.6 Å². The first-order valence-electron chi connectivity index (χ1n) is 12.5. The van der Waals surface area contributed by atoms with Crippen molar-refractivity contribution in [2.75, 3.05) is 13.2 Å². The van der Waals surface area contributed by atoms with E-state index in [2.05, 4.69) is 25.6 Å². The maximum absolute atomic E-state index is 13.6. The molecule has 1 aromatic carbocycles. The Hall–Kier alpha value is -3.67. The number of ether oxygens (including phenoxy) is 1. The van der Waals surface area contributed by atoms with Crippen molar-refractivity contribution in [1.82, 2.24) is 25.6 Å². The average molecular weight is 532 g/mol. The molecule has 2 aliphatic carbocycles. The summed E-state index contributed by atoms with van der Waals surface area (Å²) in [5.41, 5.74) is 0.946. The monoisotopic (exact) mass is 531 g/mol. The van der Waals surface area contributed by atoms with E-state index in [0.717, 1.165) is 25.0 Å². The van der Waals surface area contributed by atoms with Crippen molar-refractivity contribution in [2.24, 2.45) is 5.92 Å². The second-order valence-electron chi connectivity index (χ2n) is 9.94. The molecule has 2 unspecified atom stereocenters. The first kappa shape index (κ1) is 26.0. The predicted molar refractivity (Wildman–Crippen MR) is 131 cm³/mol. The number of aromatic nitrogens is 3. The van der Waals surface area contributed by atoms with Crippen molar-refractivity contribution in [3.63, 3.8) is 0 Å². The van der Waals surface area contributed by atoms with Gasteiger partial charge in [0.15, 0.2) is 0 Å². The van der Waals surface area contributed by atoms with E-state index in [9.17, 15) is 22.8 Å². The van der Waals surface area contributed by atoms with Crippen molar-refractivity contribution in [3.05, 3.63) is 41.3 Å². The van der Waals surface area contributed by atoms with Gasteiger partial charge in [-0.1, -0.05) is 0 Å². The van der Waals surface area contributed by atoms with Crippen LogP contribution in [0.3, 0.4) is 0 Å². The summed E-state index contributed by atoms with van der Waals surface area (Å²) in [6, 6.07) is 2.97. The second kappa shape index (κ2) is 10.2. The van der Waals surface area contributed by atoms with Gasteiger partial charge < -0.3 is 25.5 Å². The maximum atomic E-state index is 13.6. The van der Waals surface area contributed by atoms with E-state index in [1.807, 2.05) is 0 Å². The first-order chi connectivity index (χ1) is 18.1. The number of carbonyl (C=O) groups excluding carboxylic acids is 2. The van der Waals surface area contributed by atoms with Crippen LogP contribution in [0.2, 0.25) is 0 Å². The number of aliphatic hydroxyl groups excluding tert-OH is 1. The van der Waals surface area contributed by atoms with Gasteiger partial charge in [0.2, 0.25) is 5.91 Å². The highest BCUT2D eigenvalue weighted by Gasteiger charge is 2.33. The number of benzene rings is 1. The Morgan fingerprint density at radius 1 is 1.13 bits per heavy atom. The van der Waals surface area contributed by atoms with Crippen LogP contribution in [0, 0.1) is 12.8 Å². The fourth-order valence-corrected chi connectivity index (χ4v) is 4.89. The first-order valence-corrected chi connectivity index (χ1v) is 12.5. The largest absolute Gasteiger partial charge is 0.493 e. The molecule has 2 atom stereocenters. The SMILES string of the molecule is Cc1[nH]c2c(-c3cc(C(F)(F)F)ccc3OCC3CC3)ncnc2c1C(=O)NC1CCC(NC(=O)CO)C1. The Balaban J connectivity index is 1.45. The van der Waals surface area contributed by atoms with E-state index in [1.54, 1.807) is 6.92 Å². The summed E-state index contributed by atoms with van der Waals surface area (Å²) in [6.07, 6.45) is 0.552. The molecule has 202 valence electrons. The van der Waals surface area contributed by atoms with Crippen LogP contribution in [0.15, 0.2) is 24.5 Å². The lowest BCUT2D eigenvalue weighted by Gasteiger charge is -2.15. The number of carbonyl (C=O) groups is 2. The minimum atomic E-state index is -4.55. The van der Waals surface area contributed by atoms with E-state index in [1.165, 1.54) is 12.4 Å². The summed E-state index contributed by atoms with van der Waals surface area (Å²) in [5, 5.41) is 14.6. The third-order valence-corrected chi connectivity index (χ3v) is 7.01. The minimum absolute atomic E-state index is 0.145. The van der Waals surface area contributed by atoms with Crippen LogP contribution >= 0.6 is 0 Å². The van der Waals surface area contributed by atoms with Crippen LogP contribution in [0.25, 0.3) is 22.3 Å². The van der Waals surface area contributed by atoms with Gasteiger partial charge >= 0.3 is 6.18 Å². The molecule has 0 spiro atoms. The summed E-state index contributed by atoms with van der Waals surface area (Å²) in [6.45, 7) is 1.50. The molecule has 12 heteroatoms. The molecule has 0 aliphatic heterocycles. The van der Waals surface area contributed by atoms with Crippen molar-refractivity contribution in [2.45, 2.75) is 57.3 Å². The zero-order valence-electron chi connectivity index (χ0n) is 20.7. The highest BCUT2D eigenvalue weighted by Crippen LogP contribution is 2.40. The van der Waals surface area contributed by atoms with Gasteiger partial charge in [0, 0.05) is 23.3 Å². The molecule has 0 bridgehead atoms. The Labute approximate surface area is 216 Å². The number of nitrogens with one attached hydrogen (secondary N) is 3. The molecule has 9 nitrogen and oxygen atoms in total. The lowest BCUT2D eigenvalue weighted by molar-refractivity contribution is -0.137. The van der Waals surface area contributed by atoms with Crippen LogP contribution in [0.1, 0.15) is 53.7 Å². The molecular weight excluding hydrogens is 503 g/mol. The van der Waals surface area contributed by atoms with E-state index in [-0.39, 0.29) is 40.6 Å². The van der Waals surface area contributed by atoms with E-state index < -0.39 is 24.3 Å². The Kier molecular flexibility index (Phi) is 6.99. The summed E-state index contributed by atoms with van der Waals surface area (Å²) in [5.74, 6) is -0.170. The van der Waals surface area contributed by atoms with Gasteiger partial charge in [-0.2, -0.15) is 13.2 Å². The van der Waals surface area contributed by atoms with Crippen molar-refractivity contribution in [1.29, 1.82) is 0 Å². The van der Waals surface area contributed by atoms with Gasteiger partial charge in [0.1, 0.15) is 29.9 Å². The number of aliphatic hydroxyl groups is 1. The van der Waals surface area contributed by atoms with Crippen LogP contribution < -0.4 is 15.4 Å². The lowest BCUT2D eigenvalue weighted by atomic mass is 10.0. The zero-order chi connectivity index (χ0) is 27.0. The second-order valence-corrected chi connectivity index (χ2v) is 9.94. The van der Waals surface area contributed by atoms with Crippen molar-refractivity contribution in [3.8, 4) is 17.0 Å². The van der Waals surface area contributed by atoms with Gasteiger partial charge in [-0.15, -0.1) is 0 Å². The number of hydrogen-bond donors (Lipinski definition) is 4. The summed E-state index contributed by atoms with van der Waals surface area (Å²) in [4.78, 5) is 36.4. The molecule has 2 aliphatic rings. The Morgan fingerprint density at radius 3 is 2.55 bits per heavy atom. The molecule has 2 aromatic heterocycles. The van der Waals surface area contributed by atoms with Crippen LogP contribution in [-0.4, -0.2) is 57.2 Å². The number of aromatic amines is 1. The molecule has 2 heterocycles. The van der Waals surface area contributed by atoms with Gasteiger partial charge in [-0.3, -0.25) is 9.59 Å². The molecule has 38 heavy (non-hydrogen) atoms. The normalized spacial score (nSPS) is 19.5. The fraction of sp³-hybridized carbons (Fsp3) is 0.462. The third-order valence-electron chi connectivity index (χ3n) is 7.01. The van der Waals surface area contributed by atoms with Crippen molar-refractivity contribution >= 4 is 22.8 Å². The molecule has 4 N–H and O–H groups in total. The number of amides is 2. The number of rotatable bonds is 8. The maximum Gasteiger partial charge on any atom is 0.416 e. The number of fused-ring (bicyclic) bond motifs is 1. The van der Waals surface area contributed by atoms with E-state index in [0.29, 0.717) is 48.5 Å². The van der Waals surface area contributed by atoms with Gasteiger partial charge in [0.05, 0.1) is 23.3 Å². The number of nitrogens with zero attached hydrogens (tertiary/aromatic N) is 2. The zero-order valence-corrected chi connectivity index (χ0v) is 20.7. The van der Waals surface area contributed by atoms with Crippen LogP contribution in [0.4, 0.5) is 13.2 Å². The summed E-state index contributed by atoms with van der Waals surface area (Å²) < 4.78 is 46.6. The third kappa shape index (κ3) is 5.45. The van der Waals surface area contributed by atoms with E-state index in [4.69, 9.17) is 9.84 Å². The number of alkyl halides is 3. The standard InChI is InChI=1S/C26H28F3N5O4/c1-13-21(25(37)34-17-6-5-16(9-17)33-20(36)10-35)23-24(32-13)22(30-12-31-23)18-8-15(26(27,28)29)4-7-19(18)38-11-14-2-3-14/h4,7-8,12,14,16-17,32,35H,2-3,5-6,9-11H2,1H3,(H,33,36)(H,34,37). The van der Waals surface area contributed by atoms with E-state index >= 15 is 0 Å². The molecule has 0 radical (unpaired) electrons. The molecule has 3 aromatic rings. The number of hydrogen-bond acceptors (Lipinski definition) is 6. The molecular formula is C26H28F3N5O4. The van der Waals surface area contributed by atoms with Gasteiger partial charge in [0.25, 0.3) is 5.91 Å². The number of aryl methyl sites for hydroxylation is 1. The Bertz CT molecular complexity index is 1370. The molecule has 2 fully saturated rings. The lowest BCUT2D eigenvalue weighted by Crippen LogP contribution is -2.38. The highest BCUT2D eigenvalue weighted by atomic mass is 19.4. The predicted octanol–water partition coefficient (Wildman–Crippen LogP) is 3.50. The highest BCUT2D eigenvalue weighted by molar-refractivity contribution is 6.09. The number of halogens is 3. The van der Waals surface area contributed by atoms with Gasteiger partial charge in [-0.05, 0) is 63.1 Å². The smallest absolute Gasteiger partial charge is 0.416 e. The topological polar surface area (TPSA) is 129 Å². The number of H-pyrrole nitrogens is 1. The average Bonchev–Trinajstić information content (AvgIpc) is 3.50. The Morgan fingerprint density at radius 2 is 1.87 bits per heavy atom. The molecule has 2 saturated carbocycles.